The van der Waals surface area contributed by atoms with E-state index in [1.807, 2.05) is 18.2 Å². The maximum atomic E-state index is 5.28. The van der Waals surface area contributed by atoms with Crippen LogP contribution in [0.1, 0.15) is 0 Å². The van der Waals surface area contributed by atoms with E-state index in [4.69, 9.17) is 4.74 Å². The summed E-state index contributed by atoms with van der Waals surface area (Å²) in [6.07, 6.45) is 2.09. The van der Waals surface area contributed by atoms with E-state index < -0.39 is 0 Å². The van der Waals surface area contributed by atoms with Crippen molar-refractivity contribution in [3.05, 3.63) is 48.5 Å². The molecule has 0 saturated carbocycles. The van der Waals surface area contributed by atoms with Gasteiger partial charge in [-0.3, -0.25) is 0 Å². The van der Waals surface area contributed by atoms with Gasteiger partial charge in [0, 0.05) is 17.0 Å². The minimum absolute atomic E-state index is 0.876. The van der Waals surface area contributed by atoms with Crippen LogP contribution in [0.3, 0.4) is 0 Å². The van der Waals surface area contributed by atoms with Crippen molar-refractivity contribution in [2.24, 2.45) is 0 Å². The second kappa shape index (κ2) is 5.02. The van der Waals surface area contributed by atoms with Gasteiger partial charge in [-0.1, -0.05) is 30.3 Å². The molecule has 0 spiro atoms. The van der Waals surface area contributed by atoms with E-state index in [0.29, 0.717) is 0 Å². The fourth-order valence-corrected chi connectivity index (χ4v) is 2.97. The number of thioether (sulfide) groups is 1. The van der Waals surface area contributed by atoms with Crippen LogP contribution >= 0.6 is 11.8 Å². The number of aromatic nitrogens is 1. The zero-order valence-electron chi connectivity index (χ0n) is 10.9. The van der Waals surface area contributed by atoms with Crippen LogP contribution in [-0.2, 0) is 0 Å². The third-order valence-corrected chi connectivity index (χ3v) is 3.95. The van der Waals surface area contributed by atoms with Gasteiger partial charge in [-0.05, 0) is 24.0 Å². The number of hydrogen-bond acceptors (Lipinski definition) is 2. The molecule has 0 fully saturated rings. The highest BCUT2D eigenvalue weighted by Gasteiger charge is 2.13. The van der Waals surface area contributed by atoms with Crippen molar-refractivity contribution in [1.82, 2.24) is 4.98 Å². The van der Waals surface area contributed by atoms with Crippen molar-refractivity contribution in [3.8, 4) is 16.9 Å². The first-order chi connectivity index (χ1) is 9.33. The van der Waals surface area contributed by atoms with Crippen molar-refractivity contribution in [2.45, 2.75) is 5.03 Å². The Morgan fingerprint density at radius 1 is 1.05 bits per heavy atom. The highest BCUT2D eigenvalue weighted by molar-refractivity contribution is 7.98. The van der Waals surface area contributed by atoms with Gasteiger partial charge in [0.2, 0.25) is 0 Å². The molecule has 96 valence electrons. The van der Waals surface area contributed by atoms with E-state index in [1.54, 1.807) is 18.9 Å². The van der Waals surface area contributed by atoms with Crippen LogP contribution in [0, 0.1) is 0 Å². The largest absolute Gasteiger partial charge is 0.497 e. The zero-order valence-corrected chi connectivity index (χ0v) is 11.8. The Hall–Kier alpha value is -1.87. The van der Waals surface area contributed by atoms with E-state index in [2.05, 4.69) is 41.6 Å². The lowest BCUT2D eigenvalue weighted by atomic mass is 10.0. The molecule has 1 aromatic heterocycles. The first-order valence-corrected chi connectivity index (χ1v) is 7.35. The van der Waals surface area contributed by atoms with Gasteiger partial charge in [-0.15, -0.1) is 11.8 Å². The van der Waals surface area contributed by atoms with Gasteiger partial charge in [0.05, 0.1) is 17.7 Å². The lowest BCUT2D eigenvalue weighted by molar-refractivity contribution is 0.415. The Bertz CT molecular complexity index is 703. The number of methoxy groups -OCH3 is 1. The molecule has 0 unspecified atom stereocenters. The normalized spacial score (nSPS) is 10.8. The standard InChI is InChI=1S/C16H15NOS/c1-18-12-8-9-13-14(10-12)17-16(19-2)15(13)11-6-4-3-5-7-11/h3-10,17H,1-2H3. The zero-order chi connectivity index (χ0) is 13.2. The molecule has 0 aliphatic carbocycles. The van der Waals surface area contributed by atoms with Gasteiger partial charge in [0.1, 0.15) is 5.75 Å². The average molecular weight is 269 g/mol. The smallest absolute Gasteiger partial charge is 0.120 e. The van der Waals surface area contributed by atoms with Crippen LogP contribution in [0.25, 0.3) is 22.0 Å². The van der Waals surface area contributed by atoms with Crippen molar-refractivity contribution in [1.29, 1.82) is 0 Å². The van der Waals surface area contributed by atoms with Crippen LogP contribution < -0.4 is 4.74 Å². The summed E-state index contributed by atoms with van der Waals surface area (Å²) in [6.45, 7) is 0. The molecule has 0 aliphatic rings. The van der Waals surface area contributed by atoms with E-state index in [0.717, 1.165) is 11.3 Å². The first kappa shape index (κ1) is 12.2. The SMILES string of the molecule is COc1ccc2c(-c3ccccc3)c(SC)[nH]c2c1. The summed E-state index contributed by atoms with van der Waals surface area (Å²) in [6, 6.07) is 16.6. The molecule has 0 amide bonds. The van der Waals surface area contributed by atoms with Crippen LogP contribution in [0.2, 0.25) is 0 Å². The number of fused-ring (bicyclic) bond motifs is 1. The van der Waals surface area contributed by atoms with Crippen LogP contribution in [0.15, 0.2) is 53.6 Å². The summed E-state index contributed by atoms with van der Waals surface area (Å²) in [4.78, 5) is 3.47. The Morgan fingerprint density at radius 2 is 1.84 bits per heavy atom. The fraction of sp³-hybridized carbons (Fsp3) is 0.125. The first-order valence-electron chi connectivity index (χ1n) is 6.12. The lowest BCUT2D eigenvalue weighted by Gasteiger charge is -2.03. The number of rotatable bonds is 3. The van der Waals surface area contributed by atoms with Crippen molar-refractivity contribution in [2.75, 3.05) is 13.4 Å². The lowest BCUT2D eigenvalue weighted by Crippen LogP contribution is -1.81. The second-order valence-corrected chi connectivity index (χ2v) is 5.13. The second-order valence-electron chi connectivity index (χ2n) is 4.31. The molecule has 3 aromatic rings. The summed E-state index contributed by atoms with van der Waals surface area (Å²) in [7, 11) is 1.69. The number of hydrogen-bond donors (Lipinski definition) is 1. The highest BCUT2D eigenvalue weighted by atomic mass is 32.2. The summed E-state index contributed by atoms with van der Waals surface area (Å²) >= 11 is 1.73. The minimum Gasteiger partial charge on any atom is -0.497 e. The van der Waals surface area contributed by atoms with Gasteiger partial charge < -0.3 is 9.72 Å². The molecule has 1 N–H and O–H groups in total. The van der Waals surface area contributed by atoms with Crippen LogP contribution in [0.4, 0.5) is 0 Å². The molecule has 0 atom stereocenters. The van der Waals surface area contributed by atoms with Gasteiger partial charge in [0.25, 0.3) is 0 Å². The molecule has 0 radical (unpaired) electrons. The number of benzene rings is 2. The van der Waals surface area contributed by atoms with E-state index in [1.165, 1.54) is 21.5 Å². The van der Waals surface area contributed by atoms with Gasteiger partial charge >= 0.3 is 0 Å². The minimum atomic E-state index is 0.876. The summed E-state index contributed by atoms with van der Waals surface area (Å²) in [5, 5.41) is 2.42. The molecule has 19 heavy (non-hydrogen) atoms. The Kier molecular flexibility index (Phi) is 3.22. The van der Waals surface area contributed by atoms with Gasteiger partial charge in [0.15, 0.2) is 0 Å². The quantitative estimate of drug-likeness (QED) is 0.705. The van der Waals surface area contributed by atoms with Crippen molar-refractivity contribution in [3.63, 3.8) is 0 Å². The Morgan fingerprint density at radius 3 is 2.53 bits per heavy atom. The molecule has 3 heteroatoms. The average Bonchev–Trinajstić information content (AvgIpc) is 2.85. The number of ether oxygens (including phenoxy) is 1. The van der Waals surface area contributed by atoms with Gasteiger partial charge in [-0.2, -0.15) is 0 Å². The summed E-state index contributed by atoms with van der Waals surface area (Å²) < 4.78 is 5.28. The summed E-state index contributed by atoms with van der Waals surface area (Å²) in [5.41, 5.74) is 3.62. The van der Waals surface area contributed by atoms with Gasteiger partial charge in [-0.25, -0.2) is 0 Å². The van der Waals surface area contributed by atoms with E-state index in [9.17, 15) is 0 Å². The maximum Gasteiger partial charge on any atom is 0.120 e. The van der Waals surface area contributed by atoms with E-state index >= 15 is 0 Å². The predicted molar refractivity (Wildman–Crippen MR) is 82.1 cm³/mol. The fourth-order valence-electron chi connectivity index (χ4n) is 2.32. The number of H-pyrrole nitrogens is 1. The third kappa shape index (κ3) is 2.10. The topological polar surface area (TPSA) is 25.0 Å². The maximum absolute atomic E-state index is 5.28. The molecule has 0 aliphatic heterocycles. The number of aromatic amines is 1. The third-order valence-electron chi connectivity index (χ3n) is 3.24. The summed E-state index contributed by atoms with van der Waals surface area (Å²) in [5.74, 6) is 0.876. The highest BCUT2D eigenvalue weighted by Crippen LogP contribution is 2.37. The Labute approximate surface area is 116 Å². The van der Waals surface area contributed by atoms with Crippen LogP contribution in [-0.4, -0.2) is 18.3 Å². The molecule has 1 heterocycles. The number of nitrogens with one attached hydrogen (secondary N) is 1. The van der Waals surface area contributed by atoms with Crippen molar-refractivity contribution >= 4 is 22.7 Å². The molecule has 3 rings (SSSR count). The molecular formula is C16H15NOS. The molecule has 0 bridgehead atoms. The molecule has 2 nitrogen and oxygen atoms in total. The molecular weight excluding hydrogens is 254 g/mol. The monoisotopic (exact) mass is 269 g/mol. The van der Waals surface area contributed by atoms with Crippen molar-refractivity contribution < 1.29 is 4.74 Å². The predicted octanol–water partition coefficient (Wildman–Crippen LogP) is 4.57. The Balaban J connectivity index is 2.28. The van der Waals surface area contributed by atoms with Crippen LogP contribution in [0.5, 0.6) is 5.75 Å². The van der Waals surface area contributed by atoms with E-state index in [-0.39, 0.29) is 0 Å². The molecule has 0 saturated heterocycles. The molecule has 2 aromatic carbocycles.